The topological polar surface area (TPSA) is 8.88 Å². The van der Waals surface area contributed by atoms with Crippen LogP contribution in [-0.2, 0) is 0 Å². The van der Waals surface area contributed by atoms with Crippen molar-refractivity contribution in [2.75, 3.05) is 39.3 Å². The molecule has 0 aromatic heterocycles. The number of hydrogen-bond acceptors (Lipinski definition) is 0. The lowest BCUT2D eigenvalue weighted by Gasteiger charge is -2.24. The minimum Gasteiger partial charge on any atom is -0.335 e. The summed E-state index contributed by atoms with van der Waals surface area (Å²) in [4.78, 5) is 3.78. The van der Waals surface area contributed by atoms with Crippen molar-refractivity contribution in [3.63, 3.8) is 0 Å². The molecule has 18 heavy (non-hydrogen) atoms. The molecule has 0 aromatic carbocycles. The van der Waals surface area contributed by atoms with Crippen LogP contribution >= 0.6 is 0 Å². The van der Waals surface area contributed by atoms with Crippen LogP contribution in [0, 0.1) is 0 Å². The first-order valence-corrected chi connectivity index (χ1v) is 8.62. The standard InChI is InChI=1S/C16H32N2/c1(5-11-17-13-7-3-8-14-17)2-6-12-18-15-9-4-10-16-18/h1-16H2/p+2. The van der Waals surface area contributed by atoms with Gasteiger partial charge in [-0.3, -0.25) is 0 Å². The highest BCUT2D eigenvalue weighted by Crippen LogP contribution is 1.99. The van der Waals surface area contributed by atoms with Gasteiger partial charge in [-0.1, -0.05) is 0 Å². The Kier molecular flexibility index (Phi) is 7.11. The average Bonchev–Trinajstić information content (AvgIpc) is 2.45. The minimum absolute atomic E-state index is 1.45. The summed E-state index contributed by atoms with van der Waals surface area (Å²) in [7, 11) is 0. The van der Waals surface area contributed by atoms with E-state index >= 15 is 0 Å². The zero-order valence-electron chi connectivity index (χ0n) is 12.3. The van der Waals surface area contributed by atoms with Crippen molar-refractivity contribution < 1.29 is 9.80 Å². The van der Waals surface area contributed by atoms with Gasteiger partial charge in [-0.2, -0.15) is 0 Å². The highest BCUT2D eigenvalue weighted by Gasteiger charge is 2.13. The second-order valence-electron chi connectivity index (χ2n) is 6.54. The third-order valence-corrected chi connectivity index (χ3v) is 4.93. The first-order chi connectivity index (χ1) is 8.95. The van der Waals surface area contributed by atoms with E-state index in [0.29, 0.717) is 0 Å². The van der Waals surface area contributed by atoms with Crippen molar-refractivity contribution in [3.8, 4) is 0 Å². The van der Waals surface area contributed by atoms with Gasteiger partial charge in [0.25, 0.3) is 0 Å². The molecule has 0 spiro atoms. The first kappa shape index (κ1) is 14.3. The molecule has 0 aromatic rings. The molecule has 0 unspecified atom stereocenters. The van der Waals surface area contributed by atoms with Gasteiger partial charge in [-0.25, -0.2) is 0 Å². The van der Waals surface area contributed by atoms with E-state index in [1.54, 1.807) is 0 Å². The Labute approximate surface area is 114 Å². The van der Waals surface area contributed by atoms with E-state index < -0.39 is 0 Å². The Balaban J connectivity index is 1.39. The first-order valence-electron chi connectivity index (χ1n) is 8.62. The zero-order valence-corrected chi connectivity index (χ0v) is 12.3. The third-order valence-electron chi connectivity index (χ3n) is 4.93. The molecule has 0 aliphatic carbocycles. The molecular weight excluding hydrogens is 220 g/mol. The third kappa shape index (κ3) is 5.71. The molecule has 106 valence electrons. The Bertz CT molecular complexity index is 171. The van der Waals surface area contributed by atoms with Crippen molar-refractivity contribution in [3.05, 3.63) is 0 Å². The summed E-state index contributed by atoms with van der Waals surface area (Å²) in [6, 6.07) is 0. The molecule has 0 atom stereocenters. The predicted octanol–water partition coefficient (Wildman–Crippen LogP) is 0.684. The van der Waals surface area contributed by atoms with Crippen LogP contribution in [0.25, 0.3) is 0 Å². The van der Waals surface area contributed by atoms with Crippen molar-refractivity contribution in [1.82, 2.24) is 0 Å². The maximum Gasteiger partial charge on any atom is 0.0770 e. The normalized spacial score (nSPS) is 23.3. The molecule has 2 heteroatoms. The number of hydrogen-bond donors (Lipinski definition) is 2. The van der Waals surface area contributed by atoms with Crippen LogP contribution in [-0.4, -0.2) is 39.3 Å². The summed E-state index contributed by atoms with van der Waals surface area (Å²) in [6.07, 6.45) is 14.8. The van der Waals surface area contributed by atoms with Gasteiger partial charge in [-0.05, 0) is 64.2 Å². The number of quaternary nitrogens is 2. The molecule has 2 heterocycles. The van der Waals surface area contributed by atoms with Gasteiger partial charge >= 0.3 is 0 Å². The Morgan fingerprint density at radius 1 is 0.444 bits per heavy atom. The lowest BCUT2D eigenvalue weighted by molar-refractivity contribution is -0.905. The molecule has 0 bridgehead atoms. The Morgan fingerprint density at radius 3 is 1.22 bits per heavy atom. The molecule has 0 amide bonds. The summed E-state index contributed by atoms with van der Waals surface area (Å²) in [5.74, 6) is 0. The Morgan fingerprint density at radius 2 is 0.833 bits per heavy atom. The fourth-order valence-corrected chi connectivity index (χ4v) is 3.71. The molecule has 2 rings (SSSR count). The van der Waals surface area contributed by atoms with E-state index in [4.69, 9.17) is 0 Å². The molecule has 0 radical (unpaired) electrons. The van der Waals surface area contributed by atoms with Crippen molar-refractivity contribution >= 4 is 0 Å². The summed E-state index contributed by atoms with van der Waals surface area (Å²) in [5, 5.41) is 0. The summed E-state index contributed by atoms with van der Waals surface area (Å²) < 4.78 is 0. The highest BCUT2D eigenvalue weighted by molar-refractivity contribution is 4.49. The van der Waals surface area contributed by atoms with Crippen LogP contribution in [0.2, 0.25) is 0 Å². The van der Waals surface area contributed by atoms with E-state index in [1.807, 2.05) is 9.80 Å². The van der Waals surface area contributed by atoms with Crippen LogP contribution in [0.5, 0.6) is 0 Å². The van der Waals surface area contributed by atoms with E-state index in [1.165, 1.54) is 103 Å². The average molecular weight is 254 g/mol. The van der Waals surface area contributed by atoms with Crippen LogP contribution in [0.15, 0.2) is 0 Å². The monoisotopic (exact) mass is 254 g/mol. The smallest absolute Gasteiger partial charge is 0.0770 e. The fraction of sp³-hybridized carbons (Fsp3) is 1.00. The van der Waals surface area contributed by atoms with Crippen LogP contribution < -0.4 is 9.80 Å². The summed E-state index contributed by atoms with van der Waals surface area (Å²) in [5.41, 5.74) is 0. The molecular formula is C16H34N2+2. The van der Waals surface area contributed by atoms with Gasteiger partial charge in [-0.15, -0.1) is 0 Å². The second kappa shape index (κ2) is 8.92. The van der Waals surface area contributed by atoms with Crippen LogP contribution in [0.3, 0.4) is 0 Å². The van der Waals surface area contributed by atoms with Crippen molar-refractivity contribution in [1.29, 1.82) is 0 Å². The molecule has 2 aliphatic heterocycles. The Hall–Kier alpha value is -0.0800. The molecule has 2 nitrogen and oxygen atoms in total. The number of piperidine rings is 2. The molecule has 2 aliphatic rings. The van der Waals surface area contributed by atoms with E-state index in [-0.39, 0.29) is 0 Å². The lowest BCUT2D eigenvalue weighted by Crippen LogP contribution is -3.12. The molecule has 0 saturated carbocycles. The molecule has 2 fully saturated rings. The van der Waals surface area contributed by atoms with Gasteiger partial charge < -0.3 is 9.80 Å². The predicted molar refractivity (Wildman–Crippen MR) is 77.3 cm³/mol. The van der Waals surface area contributed by atoms with Gasteiger partial charge in [0.1, 0.15) is 0 Å². The number of likely N-dealkylation sites (tertiary alicyclic amines) is 2. The van der Waals surface area contributed by atoms with Gasteiger partial charge in [0.05, 0.1) is 39.3 Å². The maximum atomic E-state index is 1.89. The van der Waals surface area contributed by atoms with E-state index in [0.717, 1.165) is 0 Å². The van der Waals surface area contributed by atoms with Gasteiger partial charge in [0.15, 0.2) is 0 Å². The number of unbranched alkanes of at least 4 members (excludes halogenated alkanes) is 3. The van der Waals surface area contributed by atoms with Crippen LogP contribution in [0.1, 0.15) is 64.2 Å². The van der Waals surface area contributed by atoms with Crippen molar-refractivity contribution in [2.45, 2.75) is 64.2 Å². The summed E-state index contributed by atoms with van der Waals surface area (Å²) in [6.45, 7) is 8.73. The van der Waals surface area contributed by atoms with Gasteiger partial charge in [0.2, 0.25) is 0 Å². The largest absolute Gasteiger partial charge is 0.335 e. The van der Waals surface area contributed by atoms with Gasteiger partial charge in [0, 0.05) is 0 Å². The van der Waals surface area contributed by atoms with E-state index in [9.17, 15) is 0 Å². The SMILES string of the molecule is C(CCC[NH+]1CCCCC1)CC[NH+]1CCCCC1. The number of nitrogens with one attached hydrogen (secondary N) is 2. The van der Waals surface area contributed by atoms with Crippen molar-refractivity contribution in [2.24, 2.45) is 0 Å². The summed E-state index contributed by atoms with van der Waals surface area (Å²) >= 11 is 0. The second-order valence-corrected chi connectivity index (χ2v) is 6.54. The van der Waals surface area contributed by atoms with Crippen LogP contribution in [0.4, 0.5) is 0 Å². The zero-order chi connectivity index (χ0) is 12.5. The maximum absolute atomic E-state index is 1.89. The molecule has 2 saturated heterocycles. The fourth-order valence-electron chi connectivity index (χ4n) is 3.71. The highest BCUT2D eigenvalue weighted by atomic mass is 15.1. The molecule has 2 N–H and O–H groups in total. The van der Waals surface area contributed by atoms with E-state index in [2.05, 4.69) is 0 Å². The number of rotatable bonds is 7. The lowest BCUT2D eigenvalue weighted by atomic mass is 10.1. The minimum atomic E-state index is 1.45. The quantitative estimate of drug-likeness (QED) is 0.619.